The highest BCUT2D eigenvalue weighted by Crippen LogP contribution is 2.38. The highest BCUT2D eigenvalue weighted by atomic mass is 16.5. The van der Waals surface area contributed by atoms with Crippen molar-refractivity contribution in [2.24, 2.45) is 0 Å². The maximum atomic E-state index is 10.2. The summed E-state index contributed by atoms with van der Waals surface area (Å²) in [5.74, 6) is 1.16. The zero-order valence-corrected chi connectivity index (χ0v) is 12.3. The van der Waals surface area contributed by atoms with Crippen molar-refractivity contribution in [1.82, 2.24) is 0 Å². The molecule has 3 rings (SSSR count). The number of aromatic hydroxyl groups is 1. The van der Waals surface area contributed by atoms with Gasteiger partial charge in [-0.05, 0) is 48.6 Å². The first-order chi connectivity index (χ1) is 10.1. The predicted molar refractivity (Wildman–Crippen MR) is 84.9 cm³/mol. The quantitative estimate of drug-likeness (QED) is 0.856. The lowest BCUT2D eigenvalue weighted by Gasteiger charge is -2.09. The van der Waals surface area contributed by atoms with Crippen LogP contribution in [0.3, 0.4) is 0 Å². The van der Waals surface area contributed by atoms with Crippen LogP contribution in [0.5, 0.6) is 11.5 Å². The molecule has 0 amide bonds. The van der Waals surface area contributed by atoms with Gasteiger partial charge < -0.3 is 9.84 Å². The lowest BCUT2D eigenvalue weighted by Crippen LogP contribution is -2.13. The highest BCUT2D eigenvalue weighted by Gasteiger charge is 2.26. The fraction of sp³-hybridized carbons (Fsp3) is 0.263. The van der Waals surface area contributed by atoms with Crippen LogP contribution in [0.1, 0.15) is 23.6 Å². The van der Waals surface area contributed by atoms with E-state index in [2.05, 4.69) is 36.9 Å². The van der Waals surface area contributed by atoms with Gasteiger partial charge in [0.1, 0.15) is 17.6 Å². The van der Waals surface area contributed by atoms with E-state index in [1.54, 1.807) is 0 Å². The maximum Gasteiger partial charge on any atom is 0.127 e. The molecule has 1 aliphatic heterocycles. The third kappa shape index (κ3) is 2.94. The largest absolute Gasteiger partial charge is 0.508 e. The SMILES string of the molecule is C=C(C)[C@@H]1Cc2c(O)cc(CCc3ccccc3)cc2O1. The Balaban J connectivity index is 1.76. The lowest BCUT2D eigenvalue weighted by molar-refractivity contribution is 0.271. The summed E-state index contributed by atoms with van der Waals surface area (Å²) in [5.41, 5.74) is 4.32. The molecule has 2 aromatic carbocycles. The van der Waals surface area contributed by atoms with Gasteiger partial charge in [0, 0.05) is 12.0 Å². The third-order valence-electron chi connectivity index (χ3n) is 4.00. The van der Waals surface area contributed by atoms with Gasteiger partial charge in [-0.1, -0.05) is 36.9 Å². The second-order valence-corrected chi connectivity index (χ2v) is 5.73. The fourth-order valence-electron chi connectivity index (χ4n) is 2.73. The van der Waals surface area contributed by atoms with Gasteiger partial charge in [0.2, 0.25) is 0 Å². The first-order valence-electron chi connectivity index (χ1n) is 7.34. The third-order valence-corrected chi connectivity index (χ3v) is 4.00. The van der Waals surface area contributed by atoms with Crippen LogP contribution >= 0.6 is 0 Å². The van der Waals surface area contributed by atoms with E-state index in [0.717, 1.165) is 41.7 Å². The van der Waals surface area contributed by atoms with Crippen molar-refractivity contribution in [3.63, 3.8) is 0 Å². The molecule has 0 aromatic heterocycles. The number of benzene rings is 2. The molecule has 0 saturated carbocycles. The van der Waals surface area contributed by atoms with Crippen molar-refractivity contribution >= 4 is 0 Å². The zero-order valence-electron chi connectivity index (χ0n) is 12.3. The second kappa shape index (κ2) is 5.65. The lowest BCUT2D eigenvalue weighted by atomic mass is 10.00. The van der Waals surface area contributed by atoms with Crippen molar-refractivity contribution in [1.29, 1.82) is 0 Å². The van der Waals surface area contributed by atoms with E-state index >= 15 is 0 Å². The molecule has 0 fully saturated rings. The minimum Gasteiger partial charge on any atom is -0.508 e. The maximum absolute atomic E-state index is 10.2. The Morgan fingerprint density at radius 1 is 1.19 bits per heavy atom. The Kier molecular flexibility index (Phi) is 3.70. The predicted octanol–water partition coefficient (Wildman–Crippen LogP) is 4.06. The molecule has 0 radical (unpaired) electrons. The molecule has 0 aliphatic carbocycles. The van der Waals surface area contributed by atoms with Gasteiger partial charge >= 0.3 is 0 Å². The molecular weight excluding hydrogens is 260 g/mol. The van der Waals surface area contributed by atoms with Crippen molar-refractivity contribution in [3.8, 4) is 11.5 Å². The van der Waals surface area contributed by atoms with E-state index < -0.39 is 0 Å². The molecule has 2 heteroatoms. The van der Waals surface area contributed by atoms with Gasteiger partial charge in [-0.3, -0.25) is 0 Å². The number of phenols is 1. The van der Waals surface area contributed by atoms with E-state index in [0.29, 0.717) is 5.75 Å². The summed E-state index contributed by atoms with van der Waals surface area (Å²) in [6.07, 6.45) is 2.57. The van der Waals surface area contributed by atoms with E-state index in [1.165, 1.54) is 5.56 Å². The Morgan fingerprint density at radius 3 is 2.62 bits per heavy atom. The second-order valence-electron chi connectivity index (χ2n) is 5.73. The molecule has 108 valence electrons. The van der Waals surface area contributed by atoms with E-state index in [9.17, 15) is 5.11 Å². The van der Waals surface area contributed by atoms with Crippen molar-refractivity contribution in [2.75, 3.05) is 0 Å². The average Bonchev–Trinajstić information content (AvgIpc) is 2.91. The van der Waals surface area contributed by atoms with Gasteiger partial charge in [0.15, 0.2) is 0 Å². The summed E-state index contributed by atoms with van der Waals surface area (Å²) >= 11 is 0. The molecular formula is C19H20O2. The van der Waals surface area contributed by atoms with Crippen LogP contribution < -0.4 is 4.74 Å². The number of hydrogen-bond donors (Lipinski definition) is 1. The molecule has 0 bridgehead atoms. The molecule has 21 heavy (non-hydrogen) atoms. The first-order valence-corrected chi connectivity index (χ1v) is 7.34. The summed E-state index contributed by atoms with van der Waals surface area (Å²) in [7, 11) is 0. The molecule has 0 unspecified atom stereocenters. The van der Waals surface area contributed by atoms with E-state index in [4.69, 9.17) is 4.74 Å². The smallest absolute Gasteiger partial charge is 0.127 e. The Morgan fingerprint density at radius 2 is 1.90 bits per heavy atom. The van der Waals surface area contributed by atoms with Crippen molar-refractivity contribution < 1.29 is 9.84 Å². The molecule has 0 spiro atoms. The van der Waals surface area contributed by atoms with Crippen molar-refractivity contribution in [2.45, 2.75) is 32.3 Å². The summed E-state index contributed by atoms with van der Waals surface area (Å²) < 4.78 is 5.88. The summed E-state index contributed by atoms with van der Waals surface area (Å²) in [6.45, 7) is 5.90. The number of ether oxygens (including phenoxy) is 1. The average molecular weight is 280 g/mol. The van der Waals surface area contributed by atoms with Gasteiger partial charge in [0.05, 0.1) is 0 Å². The van der Waals surface area contributed by atoms with E-state index in [-0.39, 0.29) is 6.10 Å². The Hall–Kier alpha value is -2.22. The normalized spacial score (nSPS) is 16.3. The standard InChI is InChI=1S/C19H20O2/c1-13(2)18-12-16-17(20)10-15(11-19(16)21-18)9-8-14-6-4-3-5-7-14/h3-7,10-11,18,20H,1,8-9,12H2,2H3/t18-/m0/s1. The number of aryl methyl sites for hydroxylation is 2. The Bertz CT molecular complexity index is 659. The van der Waals surface area contributed by atoms with Crippen LogP contribution in [0.2, 0.25) is 0 Å². The molecule has 2 nitrogen and oxygen atoms in total. The van der Waals surface area contributed by atoms with Crippen LogP contribution in [-0.4, -0.2) is 11.2 Å². The monoisotopic (exact) mass is 280 g/mol. The minimum atomic E-state index is -0.00438. The van der Waals surface area contributed by atoms with E-state index in [1.807, 2.05) is 19.1 Å². The highest BCUT2D eigenvalue weighted by molar-refractivity contribution is 5.51. The van der Waals surface area contributed by atoms with Crippen molar-refractivity contribution in [3.05, 3.63) is 71.3 Å². The molecule has 1 atom stereocenters. The first kappa shape index (κ1) is 13.7. The molecule has 2 aromatic rings. The molecule has 1 aliphatic rings. The van der Waals surface area contributed by atoms with Crippen LogP contribution in [-0.2, 0) is 19.3 Å². The number of fused-ring (bicyclic) bond motifs is 1. The summed E-state index contributed by atoms with van der Waals surface area (Å²) in [4.78, 5) is 0. The fourth-order valence-corrected chi connectivity index (χ4v) is 2.73. The number of hydrogen-bond acceptors (Lipinski definition) is 2. The molecule has 0 saturated heterocycles. The summed E-state index contributed by atoms with van der Waals surface area (Å²) in [6, 6.07) is 14.3. The van der Waals surface area contributed by atoms with Crippen LogP contribution in [0, 0.1) is 0 Å². The number of phenolic OH excluding ortho intramolecular Hbond substituents is 1. The van der Waals surface area contributed by atoms with Crippen LogP contribution in [0.25, 0.3) is 0 Å². The van der Waals surface area contributed by atoms with Gasteiger partial charge in [-0.15, -0.1) is 0 Å². The number of rotatable bonds is 4. The van der Waals surface area contributed by atoms with Crippen LogP contribution in [0.15, 0.2) is 54.6 Å². The minimum absolute atomic E-state index is 0.00438. The van der Waals surface area contributed by atoms with Crippen LogP contribution in [0.4, 0.5) is 0 Å². The molecule has 1 N–H and O–H groups in total. The Labute approximate surface area is 125 Å². The topological polar surface area (TPSA) is 29.5 Å². The molecule has 1 heterocycles. The zero-order chi connectivity index (χ0) is 14.8. The van der Waals surface area contributed by atoms with Gasteiger partial charge in [-0.2, -0.15) is 0 Å². The van der Waals surface area contributed by atoms with Gasteiger partial charge in [-0.25, -0.2) is 0 Å². The van der Waals surface area contributed by atoms with Gasteiger partial charge in [0.25, 0.3) is 0 Å². The summed E-state index contributed by atoms with van der Waals surface area (Å²) in [5, 5.41) is 10.2.